The SMILES string of the molecule is CC1(C)CCC(CN2CCN(c3ccc(C(=O)NS(=O)(=O)c4ccc(NCC5(CO)CCNCC5)c([N+](=O)[O-])c4)c(Oc4cccc(F)c4)c3)CC2)=C(c2ccc(Cl)cc2)C1. The number of piperazine rings is 1. The van der Waals surface area contributed by atoms with Crippen LogP contribution in [0.25, 0.3) is 5.57 Å². The lowest BCUT2D eigenvalue weighted by Gasteiger charge is -2.39. The molecule has 3 aliphatic rings. The highest BCUT2D eigenvalue weighted by molar-refractivity contribution is 7.90. The van der Waals surface area contributed by atoms with E-state index in [1.165, 1.54) is 53.1 Å². The number of sulfonamides is 1. The molecule has 16 heteroatoms. The van der Waals surface area contributed by atoms with E-state index in [1.54, 1.807) is 12.1 Å². The average molecular weight is 875 g/mol. The molecule has 7 rings (SSSR count). The monoisotopic (exact) mass is 874 g/mol. The second-order valence-electron chi connectivity index (χ2n) is 17.1. The summed E-state index contributed by atoms with van der Waals surface area (Å²) in [6.07, 6.45) is 4.46. The normalized spacial score (nSPS) is 18.1. The minimum Gasteiger partial charge on any atom is -0.456 e. The fraction of sp³-hybridized carbons (Fsp3) is 0.400. The number of nitrogens with one attached hydrogen (secondary N) is 3. The molecule has 0 spiro atoms. The number of halogens is 2. The van der Waals surface area contributed by atoms with Crippen molar-refractivity contribution in [3.05, 3.63) is 123 Å². The fourth-order valence-corrected chi connectivity index (χ4v) is 9.49. The van der Waals surface area contributed by atoms with Gasteiger partial charge in [-0.25, -0.2) is 17.5 Å². The summed E-state index contributed by atoms with van der Waals surface area (Å²) in [5, 5.41) is 29.2. The third kappa shape index (κ3) is 10.7. The maximum absolute atomic E-state index is 14.3. The van der Waals surface area contributed by atoms with Gasteiger partial charge >= 0.3 is 0 Å². The minimum absolute atomic E-state index is 0.00191. The molecule has 1 aliphatic carbocycles. The number of aliphatic hydroxyl groups is 1. The largest absolute Gasteiger partial charge is 0.456 e. The van der Waals surface area contributed by atoms with Gasteiger partial charge in [-0.05, 0) is 110 Å². The molecule has 0 atom stereocenters. The van der Waals surface area contributed by atoms with Gasteiger partial charge in [-0.1, -0.05) is 49.2 Å². The first-order valence-corrected chi connectivity index (χ1v) is 22.4. The summed E-state index contributed by atoms with van der Waals surface area (Å²) in [6.45, 7) is 9.93. The molecule has 4 aromatic carbocycles. The number of piperidine rings is 1. The van der Waals surface area contributed by atoms with E-state index < -0.39 is 42.7 Å². The molecule has 0 saturated carbocycles. The fourth-order valence-electron chi connectivity index (χ4n) is 8.38. The Labute approximate surface area is 361 Å². The second-order valence-corrected chi connectivity index (χ2v) is 19.2. The van der Waals surface area contributed by atoms with Crippen LogP contribution in [0.4, 0.5) is 21.5 Å². The molecule has 0 bridgehead atoms. The molecular formula is C45H52ClFN6O7S. The van der Waals surface area contributed by atoms with Crippen LogP contribution in [0.3, 0.4) is 0 Å². The van der Waals surface area contributed by atoms with Gasteiger partial charge in [-0.15, -0.1) is 0 Å². The van der Waals surface area contributed by atoms with Gasteiger partial charge in [-0.3, -0.25) is 19.8 Å². The summed E-state index contributed by atoms with van der Waals surface area (Å²) in [4.78, 5) is 29.3. The number of ether oxygens (including phenoxy) is 1. The topological polar surface area (TPSA) is 166 Å². The zero-order chi connectivity index (χ0) is 43.4. The van der Waals surface area contributed by atoms with E-state index in [4.69, 9.17) is 16.3 Å². The van der Waals surface area contributed by atoms with Gasteiger partial charge in [-0.2, -0.15) is 0 Å². The molecule has 2 aliphatic heterocycles. The molecule has 4 aromatic rings. The van der Waals surface area contributed by atoms with Crippen molar-refractivity contribution in [2.24, 2.45) is 10.8 Å². The van der Waals surface area contributed by atoms with Crippen LogP contribution >= 0.6 is 11.6 Å². The Kier molecular flexibility index (Phi) is 13.4. The summed E-state index contributed by atoms with van der Waals surface area (Å²) in [7, 11) is -4.63. The Morgan fingerprint density at radius 1 is 0.984 bits per heavy atom. The van der Waals surface area contributed by atoms with Crippen molar-refractivity contribution in [1.82, 2.24) is 14.9 Å². The second kappa shape index (κ2) is 18.5. The zero-order valence-electron chi connectivity index (χ0n) is 34.4. The summed E-state index contributed by atoms with van der Waals surface area (Å²) in [5.41, 5.74) is 3.94. The van der Waals surface area contributed by atoms with Crippen molar-refractivity contribution in [2.75, 3.05) is 69.2 Å². The summed E-state index contributed by atoms with van der Waals surface area (Å²) < 4.78 is 49.6. The molecule has 2 saturated heterocycles. The summed E-state index contributed by atoms with van der Waals surface area (Å²) in [6, 6.07) is 21.6. The molecular weight excluding hydrogens is 823 g/mol. The Hall–Kier alpha value is -5.06. The number of nitro groups is 1. The Morgan fingerprint density at radius 2 is 1.72 bits per heavy atom. The van der Waals surface area contributed by atoms with Crippen molar-refractivity contribution in [3.63, 3.8) is 0 Å². The molecule has 324 valence electrons. The van der Waals surface area contributed by atoms with Crippen molar-refractivity contribution >= 4 is 50.2 Å². The highest BCUT2D eigenvalue weighted by Crippen LogP contribution is 2.43. The van der Waals surface area contributed by atoms with E-state index in [-0.39, 0.29) is 41.3 Å². The molecule has 1 amide bonds. The number of hydrogen-bond acceptors (Lipinski definition) is 11. The summed E-state index contributed by atoms with van der Waals surface area (Å²) >= 11 is 6.22. The van der Waals surface area contributed by atoms with Crippen LogP contribution in [0, 0.1) is 26.8 Å². The first kappa shape index (κ1) is 44.0. The van der Waals surface area contributed by atoms with Gasteiger partial charge in [0.25, 0.3) is 21.6 Å². The van der Waals surface area contributed by atoms with Crippen LogP contribution in [0.5, 0.6) is 11.5 Å². The van der Waals surface area contributed by atoms with Gasteiger partial charge in [0.15, 0.2) is 0 Å². The van der Waals surface area contributed by atoms with Crippen LogP contribution in [0.2, 0.25) is 5.02 Å². The van der Waals surface area contributed by atoms with Crippen molar-refractivity contribution in [1.29, 1.82) is 0 Å². The number of allylic oxidation sites excluding steroid dienone is 1. The molecule has 2 heterocycles. The van der Waals surface area contributed by atoms with E-state index >= 15 is 0 Å². The van der Waals surface area contributed by atoms with Crippen molar-refractivity contribution in [2.45, 2.75) is 50.8 Å². The number of hydrogen-bond donors (Lipinski definition) is 4. The van der Waals surface area contributed by atoms with Gasteiger partial charge in [0, 0.05) is 73.6 Å². The van der Waals surface area contributed by atoms with Gasteiger partial charge in [0.1, 0.15) is 23.0 Å². The maximum Gasteiger partial charge on any atom is 0.293 e. The van der Waals surface area contributed by atoms with E-state index in [1.807, 2.05) is 16.9 Å². The lowest BCUT2D eigenvalue weighted by Crippen LogP contribution is -2.47. The molecule has 61 heavy (non-hydrogen) atoms. The smallest absolute Gasteiger partial charge is 0.293 e. The van der Waals surface area contributed by atoms with Crippen LogP contribution in [0.15, 0.2) is 95.4 Å². The Bertz CT molecular complexity index is 2400. The third-order valence-electron chi connectivity index (χ3n) is 12.1. The van der Waals surface area contributed by atoms with Crippen LogP contribution in [-0.2, 0) is 10.0 Å². The van der Waals surface area contributed by atoms with E-state index in [2.05, 4.69) is 46.4 Å². The van der Waals surface area contributed by atoms with E-state index in [0.717, 1.165) is 56.7 Å². The number of amides is 1. The molecule has 0 unspecified atom stereocenters. The highest BCUT2D eigenvalue weighted by Gasteiger charge is 2.33. The number of benzene rings is 4. The lowest BCUT2D eigenvalue weighted by atomic mass is 9.72. The average Bonchev–Trinajstić information content (AvgIpc) is 3.24. The predicted octanol–water partition coefficient (Wildman–Crippen LogP) is 7.86. The van der Waals surface area contributed by atoms with E-state index in [9.17, 15) is 32.8 Å². The Balaban J connectivity index is 1.08. The molecule has 0 radical (unpaired) electrons. The number of carbonyl (C=O) groups excluding carboxylic acids is 1. The number of carbonyl (C=O) groups is 1. The van der Waals surface area contributed by atoms with Crippen LogP contribution < -0.4 is 25.0 Å². The number of nitrogens with zero attached hydrogens (tertiary/aromatic N) is 3. The summed E-state index contributed by atoms with van der Waals surface area (Å²) in [5.74, 6) is -1.49. The quantitative estimate of drug-likeness (QED) is 0.0720. The zero-order valence-corrected chi connectivity index (χ0v) is 36.0. The maximum atomic E-state index is 14.3. The number of rotatable bonds is 14. The van der Waals surface area contributed by atoms with E-state index in [0.29, 0.717) is 44.0 Å². The molecule has 4 N–H and O–H groups in total. The standard InChI is InChI=1S/C45H52ClFN6O7S/c1-44(2)15-14-32(39(27-44)31-6-8-33(46)9-7-31)28-51-20-22-52(23-21-51)35-10-12-38(42(25-35)60-36-5-3-4-34(47)24-36)43(55)50-61(58,59)37-11-13-40(41(26-37)53(56)57)49-29-45(30-54)16-18-48-19-17-45/h3-13,24-26,48-49,54H,14-23,27-30H2,1-2H3,(H,50,55). The lowest BCUT2D eigenvalue weighted by molar-refractivity contribution is -0.384. The van der Waals surface area contributed by atoms with Crippen LogP contribution in [-0.4, -0.2) is 88.2 Å². The van der Waals surface area contributed by atoms with Crippen molar-refractivity contribution in [3.8, 4) is 11.5 Å². The molecule has 2 fully saturated rings. The van der Waals surface area contributed by atoms with Gasteiger partial charge in [0.05, 0.1) is 22.0 Å². The molecule has 0 aromatic heterocycles. The third-order valence-corrected chi connectivity index (χ3v) is 13.7. The Morgan fingerprint density at radius 3 is 2.41 bits per heavy atom. The molecule has 13 nitrogen and oxygen atoms in total. The number of nitro benzene ring substituents is 1. The van der Waals surface area contributed by atoms with Crippen LogP contribution in [0.1, 0.15) is 61.9 Å². The van der Waals surface area contributed by atoms with Gasteiger partial charge in [0.2, 0.25) is 0 Å². The number of aliphatic hydroxyl groups excluding tert-OH is 1. The number of anilines is 2. The first-order chi connectivity index (χ1) is 29.1. The minimum atomic E-state index is -4.63. The highest BCUT2D eigenvalue weighted by atomic mass is 35.5. The first-order valence-electron chi connectivity index (χ1n) is 20.6. The predicted molar refractivity (Wildman–Crippen MR) is 235 cm³/mol. The van der Waals surface area contributed by atoms with Gasteiger partial charge < -0.3 is 25.4 Å². The van der Waals surface area contributed by atoms with Crippen molar-refractivity contribution < 1.29 is 32.4 Å².